The first-order valence-corrected chi connectivity index (χ1v) is 5.43. The molecule has 0 aliphatic heterocycles. The molecule has 2 rings (SSSR count). The minimum absolute atomic E-state index is 0.213. The third-order valence-electron chi connectivity index (χ3n) is 2.36. The number of hydrogen-bond donors (Lipinski definition) is 1. The second-order valence-electron chi connectivity index (χ2n) is 3.90. The van der Waals surface area contributed by atoms with Crippen LogP contribution < -0.4 is 5.73 Å². The fourth-order valence-corrected chi connectivity index (χ4v) is 1.53. The third-order valence-corrected chi connectivity index (χ3v) is 2.36. The molecule has 1 unspecified atom stereocenters. The zero-order chi connectivity index (χ0) is 13.1. The number of nitrogens with two attached hydrogens (primary N) is 1. The first-order chi connectivity index (χ1) is 8.56. The van der Waals surface area contributed by atoms with Gasteiger partial charge in [-0.3, -0.25) is 0 Å². The largest absolute Gasteiger partial charge is 0.437 e. The average molecular weight is 247 g/mol. The van der Waals surface area contributed by atoms with Crippen LogP contribution in [0.3, 0.4) is 0 Å². The predicted octanol–water partition coefficient (Wildman–Crippen LogP) is 2.20. The number of amides is 1. The molecule has 2 aromatic rings. The monoisotopic (exact) mass is 247 g/mol. The van der Waals surface area contributed by atoms with Crippen LogP contribution in [-0.2, 0) is 4.74 Å². The van der Waals surface area contributed by atoms with E-state index in [0.29, 0.717) is 5.82 Å². The zero-order valence-electron chi connectivity index (χ0n) is 10.1. The second-order valence-corrected chi connectivity index (χ2v) is 3.90. The quantitative estimate of drug-likeness (QED) is 0.897. The molecule has 1 aromatic carbocycles. The molecule has 6 heteroatoms. The van der Waals surface area contributed by atoms with Crippen LogP contribution in [0.2, 0.25) is 0 Å². The Morgan fingerprint density at radius 1 is 1.50 bits per heavy atom. The van der Waals surface area contributed by atoms with Crippen LogP contribution in [0, 0.1) is 6.92 Å². The normalized spacial score (nSPS) is 12.1. The molecule has 94 valence electrons. The first kappa shape index (κ1) is 12.1. The van der Waals surface area contributed by atoms with E-state index in [2.05, 4.69) is 10.1 Å². The lowest BCUT2D eigenvalue weighted by atomic mass is 10.1. The molecule has 6 nitrogen and oxygen atoms in total. The van der Waals surface area contributed by atoms with Gasteiger partial charge >= 0.3 is 6.09 Å². The van der Waals surface area contributed by atoms with Gasteiger partial charge in [0.15, 0.2) is 6.10 Å². The van der Waals surface area contributed by atoms with Gasteiger partial charge in [0.2, 0.25) is 5.82 Å². The van der Waals surface area contributed by atoms with E-state index in [-0.39, 0.29) is 5.89 Å². The Hall–Kier alpha value is -2.37. The van der Waals surface area contributed by atoms with Crippen molar-refractivity contribution in [2.45, 2.75) is 20.0 Å². The number of rotatable bonds is 3. The van der Waals surface area contributed by atoms with Crippen molar-refractivity contribution in [3.63, 3.8) is 0 Å². The third kappa shape index (κ3) is 2.65. The summed E-state index contributed by atoms with van der Waals surface area (Å²) in [4.78, 5) is 14.8. The molecular weight excluding hydrogens is 234 g/mol. The number of aromatic nitrogens is 2. The van der Waals surface area contributed by atoms with E-state index in [9.17, 15) is 4.79 Å². The van der Waals surface area contributed by atoms with Crippen LogP contribution in [0.25, 0.3) is 11.4 Å². The number of nitrogens with zero attached hydrogens (tertiary/aromatic N) is 2. The maximum atomic E-state index is 10.6. The Morgan fingerprint density at radius 2 is 2.28 bits per heavy atom. The Morgan fingerprint density at radius 3 is 2.94 bits per heavy atom. The lowest BCUT2D eigenvalue weighted by molar-refractivity contribution is 0.0959. The van der Waals surface area contributed by atoms with Crippen LogP contribution in [0.1, 0.15) is 24.5 Å². The van der Waals surface area contributed by atoms with Crippen LogP contribution in [0.5, 0.6) is 0 Å². The molecule has 1 atom stereocenters. The van der Waals surface area contributed by atoms with Gasteiger partial charge in [-0.25, -0.2) is 4.79 Å². The second kappa shape index (κ2) is 4.87. The van der Waals surface area contributed by atoms with E-state index in [1.165, 1.54) is 0 Å². The van der Waals surface area contributed by atoms with E-state index >= 15 is 0 Å². The molecule has 2 N–H and O–H groups in total. The molecule has 0 radical (unpaired) electrons. The number of hydrogen-bond acceptors (Lipinski definition) is 5. The average Bonchev–Trinajstić information content (AvgIpc) is 2.77. The Labute approximate surface area is 104 Å². The number of carbonyl (C=O) groups excluding carboxylic acids is 1. The molecule has 0 saturated carbocycles. The highest BCUT2D eigenvalue weighted by Crippen LogP contribution is 2.20. The molecule has 0 saturated heterocycles. The standard InChI is InChI=1S/C12H13N3O3/c1-7-4-3-5-9(6-7)10-14-11(18-15-10)8(2)17-12(13)16/h3-6,8H,1-2H3,(H2,13,16). The molecule has 0 aliphatic carbocycles. The molecule has 1 amide bonds. The Balaban J connectivity index is 2.22. The number of primary amides is 1. The molecule has 0 spiro atoms. The van der Waals surface area contributed by atoms with Crippen LogP contribution in [0.4, 0.5) is 4.79 Å². The van der Waals surface area contributed by atoms with E-state index in [1.807, 2.05) is 31.2 Å². The molecule has 0 fully saturated rings. The molecule has 1 aromatic heterocycles. The van der Waals surface area contributed by atoms with E-state index in [4.69, 9.17) is 15.0 Å². The summed E-state index contributed by atoms with van der Waals surface area (Å²) in [5.74, 6) is 0.666. The van der Waals surface area contributed by atoms with Gasteiger partial charge in [0, 0.05) is 5.56 Å². The topological polar surface area (TPSA) is 91.2 Å². The minimum atomic E-state index is -0.877. The fraction of sp³-hybridized carbons (Fsp3) is 0.250. The predicted molar refractivity (Wildman–Crippen MR) is 63.6 cm³/mol. The van der Waals surface area contributed by atoms with Crippen molar-refractivity contribution in [2.75, 3.05) is 0 Å². The molecule has 0 bridgehead atoms. The van der Waals surface area contributed by atoms with Crippen molar-refractivity contribution < 1.29 is 14.1 Å². The van der Waals surface area contributed by atoms with Crippen molar-refractivity contribution in [1.29, 1.82) is 0 Å². The van der Waals surface area contributed by atoms with Crippen molar-refractivity contribution in [1.82, 2.24) is 10.1 Å². The van der Waals surface area contributed by atoms with Crippen LogP contribution >= 0.6 is 0 Å². The molecule has 1 heterocycles. The van der Waals surface area contributed by atoms with Crippen molar-refractivity contribution in [2.24, 2.45) is 5.73 Å². The summed E-state index contributed by atoms with van der Waals surface area (Å²) >= 11 is 0. The summed E-state index contributed by atoms with van der Waals surface area (Å²) in [5.41, 5.74) is 6.86. The maximum Gasteiger partial charge on any atom is 0.405 e. The van der Waals surface area contributed by atoms with Crippen molar-refractivity contribution in [3.8, 4) is 11.4 Å². The molecule has 0 aliphatic rings. The number of ether oxygens (including phenoxy) is 1. The lowest BCUT2D eigenvalue weighted by Crippen LogP contribution is -2.15. The van der Waals surface area contributed by atoms with Crippen molar-refractivity contribution in [3.05, 3.63) is 35.7 Å². The first-order valence-electron chi connectivity index (χ1n) is 5.43. The summed E-state index contributed by atoms with van der Waals surface area (Å²) in [5, 5.41) is 3.84. The highest BCUT2D eigenvalue weighted by atomic mass is 16.6. The Kier molecular flexibility index (Phi) is 3.27. The van der Waals surface area contributed by atoms with Gasteiger partial charge in [0.25, 0.3) is 5.89 Å². The van der Waals surface area contributed by atoms with E-state index in [0.717, 1.165) is 11.1 Å². The van der Waals surface area contributed by atoms with Gasteiger partial charge < -0.3 is 15.0 Å². The van der Waals surface area contributed by atoms with Gasteiger partial charge in [-0.1, -0.05) is 28.9 Å². The van der Waals surface area contributed by atoms with Gasteiger partial charge in [-0.15, -0.1) is 0 Å². The number of benzene rings is 1. The fourth-order valence-electron chi connectivity index (χ4n) is 1.53. The lowest BCUT2D eigenvalue weighted by Gasteiger charge is -2.04. The minimum Gasteiger partial charge on any atom is -0.437 e. The summed E-state index contributed by atoms with van der Waals surface area (Å²) in [6.07, 6.45) is -1.54. The zero-order valence-corrected chi connectivity index (χ0v) is 10.1. The van der Waals surface area contributed by atoms with Gasteiger partial charge in [0.05, 0.1) is 0 Å². The highest BCUT2D eigenvalue weighted by molar-refractivity contribution is 5.64. The highest BCUT2D eigenvalue weighted by Gasteiger charge is 2.17. The van der Waals surface area contributed by atoms with Gasteiger partial charge in [-0.2, -0.15) is 4.98 Å². The summed E-state index contributed by atoms with van der Waals surface area (Å²) in [7, 11) is 0. The smallest absolute Gasteiger partial charge is 0.405 e. The SMILES string of the molecule is Cc1cccc(-c2noc(C(C)OC(N)=O)n2)c1. The Bertz CT molecular complexity index is 565. The number of aryl methyl sites for hydroxylation is 1. The van der Waals surface area contributed by atoms with Gasteiger partial charge in [-0.05, 0) is 19.9 Å². The number of carbonyl (C=O) groups is 1. The van der Waals surface area contributed by atoms with Crippen molar-refractivity contribution >= 4 is 6.09 Å². The summed E-state index contributed by atoms with van der Waals surface area (Å²) < 4.78 is 9.78. The molecular formula is C12H13N3O3. The van der Waals surface area contributed by atoms with E-state index in [1.54, 1.807) is 6.92 Å². The van der Waals surface area contributed by atoms with Gasteiger partial charge in [0.1, 0.15) is 0 Å². The molecule has 18 heavy (non-hydrogen) atoms. The maximum absolute atomic E-state index is 10.6. The van der Waals surface area contributed by atoms with Crippen LogP contribution in [-0.4, -0.2) is 16.2 Å². The summed E-state index contributed by atoms with van der Waals surface area (Å²) in [6, 6.07) is 7.70. The summed E-state index contributed by atoms with van der Waals surface area (Å²) in [6.45, 7) is 3.58. The van der Waals surface area contributed by atoms with E-state index < -0.39 is 12.2 Å². The van der Waals surface area contributed by atoms with Crippen LogP contribution in [0.15, 0.2) is 28.8 Å².